The lowest BCUT2D eigenvalue weighted by atomic mass is 10.1. The monoisotopic (exact) mass is 417 g/mol. The Morgan fingerprint density at radius 3 is 2.28 bits per heavy atom. The first-order valence-corrected chi connectivity index (χ1v) is 10.1. The van der Waals surface area contributed by atoms with Crippen LogP contribution in [0.15, 0.2) is 36.7 Å². The van der Waals surface area contributed by atoms with E-state index in [0.717, 1.165) is 24.1 Å². The van der Waals surface area contributed by atoms with Crippen LogP contribution in [-0.4, -0.2) is 39.5 Å². The average Bonchev–Trinajstić information content (AvgIpc) is 2.76. The molecule has 0 radical (unpaired) electrons. The van der Waals surface area contributed by atoms with Gasteiger partial charge in [-0.3, -0.25) is 4.79 Å². The van der Waals surface area contributed by atoms with Crippen LogP contribution in [0.3, 0.4) is 0 Å². The molecule has 0 aliphatic carbocycles. The van der Waals surface area contributed by atoms with Crippen molar-refractivity contribution in [3.63, 3.8) is 0 Å². The fourth-order valence-corrected chi connectivity index (χ4v) is 2.92. The molecular weight excluding hydrogens is 388 g/mol. The Kier molecular flexibility index (Phi) is 9.37. The van der Waals surface area contributed by atoms with Crippen LogP contribution >= 0.6 is 12.6 Å². The van der Waals surface area contributed by atoms with E-state index in [2.05, 4.69) is 22.5 Å². The maximum atomic E-state index is 11.6. The average molecular weight is 418 g/mol. The van der Waals surface area contributed by atoms with Crippen molar-refractivity contribution in [3.05, 3.63) is 47.8 Å². The Labute approximate surface area is 177 Å². The third kappa shape index (κ3) is 7.02. The topological polar surface area (TPSA) is 60.7 Å². The normalized spacial score (nSPS) is 10.8. The number of hydrogen-bond acceptors (Lipinski definition) is 5. The Morgan fingerprint density at radius 1 is 1.07 bits per heavy atom. The van der Waals surface area contributed by atoms with Gasteiger partial charge in [-0.2, -0.15) is 12.6 Å². The maximum Gasteiger partial charge on any atom is 0.220 e. The molecule has 2 aromatic rings. The molecule has 1 heterocycles. The first-order valence-electron chi connectivity index (χ1n) is 9.46. The van der Waals surface area contributed by atoms with Gasteiger partial charge in [0.25, 0.3) is 0 Å². The van der Waals surface area contributed by atoms with Gasteiger partial charge in [-0.05, 0) is 11.6 Å². The van der Waals surface area contributed by atoms with Crippen molar-refractivity contribution in [1.82, 2.24) is 5.32 Å². The van der Waals surface area contributed by atoms with E-state index in [1.54, 1.807) is 21.3 Å². The van der Waals surface area contributed by atoms with Gasteiger partial charge in [-0.25, -0.2) is 4.57 Å². The summed E-state index contributed by atoms with van der Waals surface area (Å²) in [5.74, 6) is 2.76. The second-order valence-corrected chi connectivity index (χ2v) is 6.77. The molecule has 2 rings (SSSR count). The van der Waals surface area contributed by atoms with Crippen molar-refractivity contribution in [2.45, 2.75) is 19.4 Å². The lowest BCUT2D eigenvalue weighted by Gasteiger charge is -2.12. The summed E-state index contributed by atoms with van der Waals surface area (Å²) in [5, 5.41) is 2.82. The second kappa shape index (κ2) is 12.0. The molecule has 0 bridgehead atoms. The summed E-state index contributed by atoms with van der Waals surface area (Å²) in [4.78, 5) is 11.6. The molecule has 0 unspecified atom stereocenters. The van der Waals surface area contributed by atoms with Crippen LogP contribution in [-0.2, 0) is 11.3 Å². The molecule has 0 fully saturated rings. The minimum absolute atomic E-state index is 0.0709. The third-order valence-electron chi connectivity index (χ3n) is 4.37. The van der Waals surface area contributed by atoms with Gasteiger partial charge in [0.05, 0.1) is 26.9 Å². The molecule has 156 valence electrons. The number of aryl methyl sites for hydroxylation is 1. The molecule has 29 heavy (non-hydrogen) atoms. The number of carbonyl (C=O) groups excluding carboxylic acids is 1. The first-order chi connectivity index (χ1) is 14.1. The molecule has 6 nitrogen and oxygen atoms in total. The Bertz CT molecular complexity index is 797. The van der Waals surface area contributed by atoms with E-state index in [9.17, 15) is 4.79 Å². The number of methoxy groups -OCH3 is 3. The molecule has 1 N–H and O–H groups in total. The van der Waals surface area contributed by atoms with Crippen molar-refractivity contribution in [2.75, 3.05) is 33.6 Å². The standard InChI is InChI=1S/C22H28N2O4S/c1-26-18-15-20(27-2)19(21(16-18)28-3)7-6-17-8-12-24(13-9-17)11-4-5-22(25)23-10-14-29/h6-9,12-13,15-16H,4-5,10-11,14H2,1-3H3,(H-,23,25,29)/p+1/b7-6+. The fraction of sp³-hybridized carbons (Fsp3) is 0.364. The molecule has 0 saturated heterocycles. The van der Waals surface area contributed by atoms with Crippen molar-refractivity contribution in [2.24, 2.45) is 0 Å². The van der Waals surface area contributed by atoms with Crippen molar-refractivity contribution >= 4 is 30.7 Å². The summed E-state index contributed by atoms with van der Waals surface area (Å²) in [7, 11) is 4.85. The summed E-state index contributed by atoms with van der Waals surface area (Å²) in [6.07, 6.45) is 9.28. The SMILES string of the molecule is COc1cc(OC)c(/C=C/c2cc[n+](CCCC(=O)NCCS)cc2)c(OC)c1. The number of nitrogens with zero attached hydrogens (tertiary/aromatic N) is 1. The summed E-state index contributed by atoms with van der Waals surface area (Å²) >= 11 is 4.08. The number of nitrogens with one attached hydrogen (secondary N) is 1. The Morgan fingerprint density at radius 2 is 1.72 bits per heavy atom. The number of ether oxygens (including phenoxy) is 3. The summed E-state index contributed by atoms with van der Waals surface area (Å²) in [5.41, 5.74) is 1.90. The van der Waals surface area contributed by atoms with E-state index in [4.69, 9.17) is 14.2 Å². The number of benzene rings is 1. The molecule has 1 amide bonds. The van der Waals surface area contributed by atoms with Crippen LogP contribution < -0.4 is 24.1 Å². The maximum absolute atomic E-state index is 11.6. The Hall–Kier alpha value is -2.67. The predicted octanol–water partition coefficient (Wildman–Crippen LogP) is 3.00. The zero-order chi connectivity index (χ0) is 21.1. The lowest BCUT2D eigenvalue weighted by molar-refractivity contribution is -0.697. The van der Waals surface area contributed by atoms with Gasteiger partial charge < -0.3 is 19.5 Å². The molecule has 0 aliphatic rings. The van der Waals surface area contributed by atoms with Gasteiger partial charge >= 0.3 is 0 Å². The first kappa shape index (κ1) is 22.6. The van der Waals surface area contributed by atoms with Gasteiger partial charge in [-0.15, -0.1) is 0 Å². The smallest absolute Gasteiger partial charge is 0.220 e. The number of carbonyl (C=O) groups is 1. The highest BCUT2D eigenvalue weighted by Gasteiger charge is 2.11. The number of aromatic nitrogens is 1. The summed E-state index contributed by atoms with van der Waals surface area (Å²) in [6.45, 7) is 1.40. The third-order valence-corrected chi connectivity index (χ3v) is 4.59. The van der Waals surface area contributed by atoms with Gasteiger partial charge in [0.15, 0.2) is 12.4 Å². The highest BCUT2D eigenvalue weighted by molar-refractivity contribution is 7.80. The molecule has 0 atom stereocenters. The highest BCUT2D eigenvalue weighted by Crippen LogP contribution is 2.35. The summed E-state index contributed by atoms with van der Waals surface area (Å²) in [6, 6.07) is 7.71. The van der Waals surface area contributed by atoms with Gasteiger partial charge in [-0.1, -0.05) is 6.08 Å². The van der Waals surface area contributed by atoms with Crippen LogP contribution in [0, 0.1) is 0 Å². The minimum atomic E-state index is 0.0709. The van der Waals surface area contributed by atoms with E-state index in [0.29, 0.717) is 36.0 Å². The van der Waals surface area contributed by atoms with Crippen molar-refractivity contribution < 1.29 is 23.6 Å². The number of hydrogen-bond donors (Lipinski definition) is 2. The van der Waals surface area contributed by atoms with Crippen molar-refractivity contribution in [3.8, 4) is 17.2 Å². The van der Waals surface area contributed by atoms with E-state index < -0.39 is 0 Å². The van der Waals surface area contributed by atoms with E-state index >= 15 is 0 Å². The fourth-order valence-electron chi connectivity index (χ4n) is 2.81. The van der Waals surface area contributed by atoms with Gasteiger partial charge in [0.2, 0.25) is 5.91 Å². The van der Waals surface area contributed by atoms with E-state index in [1.165, 1.54) is 0 Å². The van der Waals surface area contributed by atoms with Gasteiger partial charge in [0.1, 0.15) is 23.8 Å². The van der Waals surface area contributed by atoms with Crippen LogP contribution in [0.5, 0.6) is 17.2 Å². The van der Waals surface area contributed by atoms with Crippen molar-refractivity contribution in [1.29, 1.82) is 0 Å². The summed E-state index contributed by atoms with van der Waals surface area (Å²) < 4.78 is 18.3. The second-order valence-electron chi connectivity index (χ2n) is 6.33. The molecule has 0 aliphatic heterocycles. The number of amides is 1. The highest BCUT2D eigenvalue weighted by atomic mass is 32.1. The largest absolute Gasteiger partial charge is 0.496 e. The van der Waals surface area contributed by atoms with Crippen LogP contribution in [0.4, 0.5) is 0 Å². The zero-order valence-electron chi connectivity index (χ0n) is 17.2. The Balaban J connectivity index is 2.01. The number of thiol groups is 1. The minimum Gasteiger partial charge on any atom is -0.496 e. The zero-order valence-corrected chi connectivity index (χ0v) is 18.1. The molecule has 0 spiro atoms. The van der Waals surface area contributed by atoms with E-state index in [1.807, 2.05) is 48.8 Å². The number of rotatable bonds is 11. The molecular formula is C22H29N2O4S+. The van der Waals surface area contributed by atoms with Crippen LogP contribution in [0.2, 0.25) is 0 Å². The van der Waals surface area contributed by atoms with Crippen LogP contribution in [0.25, 0.3) is 12.2 Å². The number of pyridine rings is 1. The molecule has 7 heteroatoms. The van der Waals surface area contributed by atoms with E-state index in [-0.39, 0.29) is 5.91 Å². The quantitative estimate of drug-likeness (QED) is 0.436. The molecule has 1 aromatic heterocycles. The van der Waals surface area contributed by atoms with Crippen LogP contribution in [0.1, 0.15) is 24.0 Å². The lowest BCUT2D eigenvalue weighted by Crippen LogP contribution is -2.33. The molecule has 1 aromatic carbocycles. The van der Waals surface area contributed by atoms with Gasteiger partial charge in [0, 0.05) is 49.4 Å². The molecule has 0 saturated carbocycles. The predicted molar refractivity (Wildman–Crippen MR) is 118 cm³/mol.